The highest BCUT2D eigenvalue weighted by Gasteiger charge is 2.22. The summed E-state index contributed by atoms with van der Waals surface area (Å²) in [5, 5.41) is 3.46. The number of nitrogens with zero attached hydrogens (tertiary/aromatic N) is 3. The van der Waals surface area contributed by atoms with Gasteiger partial charge >= 0.3 is 0 Å². The lowest BCUT2D eigenvalue weighted by Gasteiger charge is -2.16. The number of amides is 1. The number of rotatable bonds is 8. The van der Waals surface area contributed by atoms with Crippen LogP contribution in [0.1, 0.15) is 39.7 Å². The number of hydrogen-bond acceptors (Lipinski definition) is 7. The van der Waals surface area contributed by atoms with Crippen molar-refractivity contribution in [2.75, 3.05) is 19.0 Å². The lowest BCUT2D eigenvalue weighted by Crippen LogP contribution is -2.16. The fourth-order valence-corrected chi connectivity index (χ4v) is 3.96. The van der Waals surface area contributed by atoms with E-state index in [-0.39, 0.29) is 17.1 Å². The molecule has 3 aromatic rings. The van der Waals surface area contributed by atoms with Crippen molar-refractivity contribution in [1.82, 2.24) is 9.97 Å². The highest BCUT2D eigenvalue weighted by atomic mass is 16.5. The normalized spacial score (nSPS) is 13.2. The third kappa shape index (κ3) is 5.94. The van der Waals surface area contributed by atoms with Crippen LogP contribution in [0.15, 0.2) is 59.4 Å². The van der Waals surface area contributed by atoms with E-state index < -0.39 is 0 Å². The number of carbonyl (C=O) groups excluding carboxylic acids is 2. The molecule has 1 amide bonds. The molecule has 186 valence electrons. The van der Waals surface area contributed by atoms with Crippen LogP contribution >= 0.6 is 0 Å². The summed E-state index contributed by atoms with van der Waals surface area (Å²) in [6.45, 7) is 8.39. The smallest absolute Gasteiger partial charge is 0.221 e. The fourth-order valence-electron chi connectivity index (χ4n) is 3.96. The zero-order chi connectivity index (χ0) is 25.9. The number of carbonyl (C=O) groups is 2. The van der Waals surface area contributed by atoms with Gasteiger partial charge in [0, 0.05) is 60.8 Å². The zero-order valence-corrected chi connectivity index (χ0v) is 21.2. The first kappa shape index (κ1) is 25.0. The van der Waals surface area contributed by atoms with E-state index >= 15 is 0 Å². The molecule has 0 spiro atoms. The predicted molar refractivity (Wildman–Crippen MR) is 140 cm³/mol. The van der Waals surface area contributed by atoms with Gasteiger partial charge in [0.25, 0.3) is 0 Å². The maximum absolute atomic E-state index is 12.6. The number of benzene rings is 1. The van der Waals surface area contributed by atoms with Crippen molar-refractivity contribution < 1.29 is 19.1 Å². The average molecular weight is 487 g/mol. The number of hydrogen-bond donors (Lipinski definition) is 1. The van der Waals surface area contributed by atoms with Crippen molar-refractivity contribution in [2.45, 2.75) is 40.5 Å². The van der Waals surface area contributed by atoms with Crippen molar-refractivity contribution in [3.8, 4) is 17.4 Å². The number of aliphatic imine (C=N–C) groups is 1. The number of methoxy groups -OCH3 is 1. The second-order valence-corrected chi connectivity index (χ2v) is 9.81. The number of Topliss-reactive ketones (excluding diaryl/α,β-unsaturated/α-hetero) is 1. The Balaban J connectivity index is 1.45. The van der Waals surface area contributed by atoms with E-state index in [1.54, 1.807) is 36.7 Å². The van der Waals surface area contributed by atoms with Crippen molar-refractivity contribution in [2.24, 2.45) is 10.4 Å². The summed E-state index contributed by atoms with van der Waals surface area (Å²) in [5.41, 5.74) is 4.08. The Morgan fingerprint density at radius 2 is 1.86 bits per heavy atom. The van der Waals surface area contributed by atoms with E-state index in [2.05, 4.69) is 47.1 Å². The van der Waals surface area contributed by atoms with Crippen LogP contribution in [0.5, 0.6) is 17.4 Å². The molecule has 0 unspecified atom stereocenters. The minimum Gasteiger partial charge on any atom is -0.494 e. The van der Waals surface area contributed by atoms with Crippen molar-refractivity contribution in [3.05, 3.63) is 59.9 Å². The lowest BCUT2D eigenvalue weighted by atomic mass is 9.89. The molecule has 2 aromatic heterocycles. The molecule has 0 radical (unpaired) electrons. The van der Waals surface area contributed by atoms with Crippen LogP contribution in [0.2, 0.25) is 0 Å². The molecule has 1 N–H and O–H groups in total. The molecule has 0 atom stereocenters. The first-order valence-electron chi connectivity index (χ1n) is 11.8. The molecule has 0 bridgehead atoms. The summed E-state index contributed by atoms with van der Waals surface area (Å²) < 4.78 is 11.4. The van der Waals surface area contributed by atoms with Crippen LogP contribution < -0.4 is 14.8 Å². The SMILES string of the molecule is COc1cc2nccc(Oc3ccc(CC(=O)CC4=CC(C(C)(C)C)=NC4)cn3)c2cc1NC(C)=O. The van der Waals surface area contributed by atoms with Crippen LogP contribution in [0, 0.1) is 5.41 Å². The topological polar surface area (TPSA) is 103 Å². The molecule has 8 heteroatoms. The Bertz CT molecular complexity index is 1370. The first-order chi connectivity index (χ1) is 17.1. The van der Waals surface area contributed by atoms with Crippen LogP contribution in [-0.2, 0) is 16.0 Å². The van der Waals surface area contributed by atoms with E-state index in [0.29, 0.717) is 53.4 Å². The predicted octanol–water partition coefficient (Wildman–Crippen LogP) is 5.32. The van der Waals surface area contributed by atoms with E-state index in [4.69, 9.17) is 9.47 Å². The average Bonchev–Trinajstić information content (AvgIpc) is 3.29. The summed E-state index contributed by atoms with van der Waals surface area (Å²) in [4.78, 5) is 37.5. The molecule has 36 heavy (non-hydrogen) atoms. The second-order valence-electron chi connectivity index (χ2n) is 9.81. The number of ether oxygens (including phenoxy) is 2. The summed E-state index contributed by atoms with van der Waals surface area (Å²) in [6, 6.07) is 8.81. The standard InChI is InChI=1S/C28H30N4O4/c1-17(33)32-23-13-21-22(14-25(23)35-5)29-9-8-24(21)36-27-7-6-18(15-31-27)10-20(34)11-19-12-26(30-16-19)28(2,3)4/h6-9,12-15H,10-11,16H2,1-5H3,(H,32,33). The number of allylic oxidation sites excluding steroid dienone is 1. The number of anilines is 1. The van der Waals surface area contributed by atoms with E-state index in [1.165, 1.54) is 14.0 Å². The zero-order valence-electron chi connectivity index (χ0n) is 21.2. The van der Waals surface area contributed by atoms with Gasteiger partial charge in [0.15, 0.2) is 0 Å². The van der Waals surface area contributed by atoms with E-state index in [9.17, 15) is 9.59 Å². The third-order valence-corrected chi connectivity index (χ3v) is 5.73. The molecule has 1 aliphatic rings. The number of fused-ring (bicyclic) bond motifs is 1. The Morgan fingerprint density at radius 1 is 1.06 bits per heavy atom. The van der Waals surface area contributed by atoms with Gasteiger partial charge in [-0.25, -0.2) is 4.98 Å². The second kappa shape index (κ2) is 10.3. The van der Waals surface area contributed by atoms with Crippen molar-refractivity contribution >= 4 is 34.0 Å². The Hall–Kier alpha value is -4.07. The van der Waals surface area contributed by atoms with Gasteiger partial charge in [0.1, 0.15) is 17.3 Å². The molecule has 0 saturated heterocycles. The molecule has 0 aliphatic carbocycles. The summed E-state index contributed by atoms with van der Waals surface area (Å²) in [7, 11) is 1.53. The van der Waals surface area contributed by atoms with Crippen LogP contribution in [0.4, 0.5) is 5.69 Å². The number of ketones is 1. The van der Waals surface area contributed by atoms with Crippen LogP contribution in [-0.4, -0.2) is 41.0 Å². The fraction of sp³-hybridized carbons (Fsp3) is 0.321. The highest BCUT2D eigenvalue weighted by Crippen LogP contribution is 2.35. The van der Waals surface area contributed by atoms with Crippen LogP contribution in [0.3, 0.4) is 0 Å². The molecule has 0 fully saturated rings. The van der Waals surface area contributed by atoms with Gasteiger partial charge in [-0.05, 0) is 29.3 Å². The molecular weight excluding hydrogens is 456 g/mol. The Morgan fingerprint density at radius 3 is 2.50 bits per heavy atom. The quantitative estimate of drug-likeness (QED) is 0.462. The molecule has 8 nitrogen and oxygen atoms in total. The summed E-state index contributed by atoms with van der Waals surface area (Å²) in [6.07, 6.45) is 6.04. The number of nitrogens with one attached hydrogen (secondary N) is 1. The van der Waals surface area contributed by atoms with Gasteiger partial charge in [-0.15, -0.1) is 0 Å². The van der Waals surface area contributed by atoms with Crippen LogP contribution in [0.25, 0.3) is 10.9 Å². The van der Waals surface area contributed by atoms with Gasteiger partial charge in [-0.2, -0.15) is 0 Å². The van der Waals surface area contributed by atoms with Gasteiger partial charge in [-0.1, -0.05) is 26.8 Å². The Labute approximate surface area is 210 Å². The van der Waals surface area contributed by atoms with Gasteiger partial charge in [-0.3, -0.25) is 19.6 Å². The Kier molecular flexibility index (Phi) is 7.15. The first-order valence-corrected chi connectivity index (χ1v) is 11.8. The maximum atomic E-state index is 12.6. The van der Waals surface area contributed by atoms with Gasteiger partial charge in [0.05, 0.1) is 24.9 Å². The van der Waals surface area contributed by atoms with Crippen molar-refractivity contribution in [1.29, 1.82) is 0 Å². The summed E-state index contributed by atoms with van der Waals surface area (Å²) >= 11 is 0. The van der Waals surface area contributed by atoms with Gasteiger partial charge in [0.2, 0.25) is 11.8 Å². The highest BCUT2D eigenvalue weighted by molar-refractivity contribution is 6.02. The van der Waals surface area contributed by atoms with E-state index in [1.807, 2.05) is 6.07 Å². The largest absolute Gasteiger partial charge is 0.494 e. The lowest BCUT2D eigenvalue weighted by molar-refractivity contribution is -0.118. The minimum atomic E-state index is -0.211. The molecule has 0 saturated carbocycles. The molecule has 1 aromatic carbocycles. The maximum Gasteiger partial charge on any atom is 0.221 e. The third-order valence-electron chi connectivity index (χ3n) is 5.73. The number of aromatic nitrogens is 2. The van der Waals surface area contributed by atoms with E-state index in [0.717, 1.165) is 16.8 Å². The molecule has 3 heterocycles. The van der Waals surface area contributed by atoms with Gasteiger partial charge < -0.3 is 14.8 Å². The van der Waals surface area contributed by atoms with Crippen molar-refractivity contribution in [3.63, 3.8) is 0 Å². The molecule has 4 rings (SSSR count). The minimum absolute atomic E-state index is 0.0116. The monoisotopic (exact) mass is 486 g/mol. The molecule has 1 aliphatic heterocycles. The molecular formula is C28H30N4O4. The number of pyridine rings is 2. The summed E-state index contributed by atoms with van der Waals surface area (Å²) in [5.74, 6) is 1.34.